The SMILES string of the molecule is C#CC1C=C(/C=C(/C=O)SC(=O)NC)C=CC1=N/C=N\CN(C)C. The predicted octanol–water partition coefficient (Wildman–Crippen LogP) is 1.88. The van der Waals surface area contributed by atoms with Crippen LogP contribution < -0.4 is 5.32 Å². The summed E-state index contributed by atoms with van der Waals surface area (Å²) in [5.74, 6) is 2.33. The highest BCUT2D eigenvalue weighted by molar-refractivity contribution is 8.17. The van der Waals surface area contributed by atoms with Crippen molar-refractivity contribution < 1.29 is 9.59 Å². The Morgan fingerprint density at radius 3 is 2.83 bits per heavy atom. The lowest BCUT2D eigenvalue weighted by atomic mass is 9.94. The van der Waals surface area contributed by atoms with Gasteiger partial charge in [-0.05, 0) is 43.6 Å². The molecule has 1 unspecified atom stereocenters. The van der Waals surface area contributed by atoms with Crippen molar-refractivity contribution in [3.05, 3.63) is 34.8 Å². The third-order valence-corrected chi connectivity index (χ3v) is 3.64. The zero-order valence-corrected chi connectivity index (χ0v) is 14.7. The van der Waals surface area contributed by atoms with Gasteiger partial charge in [0, 0.05) is 7.05 Å². The first-order valence-corrected chi connectivity index (χ1v) is 7.95. The highest BCUT2D eigenvalue weighted by Crippen LogP contribution is 2.21. The van der Waals surface area contributed by atoms with E-state index in [1.165, 1.54) is 13.4 Å². The van der Waals surface area contributed by atoms with Crippen LogP contribution in [0.4, 0.5) is 4.79 Å². The van der Waals surface area contributed by atoms with Crippen LogP contribution >= 0.6 is 11.8 Å². The number of thioether (sulfide) groups is 1. The normalized spacial score (nSPS) is 19.5. The summed E-state index contributed by atoms with van der Waals surface area (Å²) in [4.78, 5) is 33.0. The minimum atomic E-state index is -0.315. The maximum Gasteiger partial charge on any atom is 0.283 e. The van der Waals surface area contributed by atoms with Gasteiger partial charge in [0.15, 0.2) is 6.29 Å². The molecule has 1 aliphatic carbocycles. The second kappa shape index (κ2) is 10.4. The first-order valence-electron chi connectivity index (χ1n) is 7.13. The molecular weight excluding hydrogens is 324 g/mol. The molecule has 0 fully saturated rings. The van der Waals surface area contributed by atoms with Crippen molar-refractivity contribution in [1.82, 2.24) is 10.2 Å². The minimum absolute atomic E-state index is 0.300. The van der Waals surface area contributed by atoms with Gasteiger partial charge in [-0.15, -0.1) is 6.42 Å². The van der Waals surface area contributed by atoms with Crippen LogP contribution in [0.15, 0.2) is 44.8 Å². The van der Waals surface area contributed by atoms with Gasteiger partial charge in [0.1, 0.15) is 6.34 Å². The van der Waals surface area contributed by atoms with Crippen molar-refractivity contribution in [3.8, 4) is 12.3 Å². The number of allylic oxidation sites excluding steroid dienone is 6. The summed E-state index contributed by atoms with van der Waals surface area (Å²) in [6.45, 7) is 0.546. The topological polar surface area (TPSA) is 74.1 Å². The Balaban J connectivity index is 2.89. The molecule has 126 valence electrons. The van der Waals surface area contributed by atoms with Crippen molar-refractivity contribution in [1.29, 1.82) is 0 Å². The molecule has 0 aromatic rings. The van der Waals surface area contributed by atoms with E-state index in [1.807, 2.05) is 25.1 Å². The van der Waals surface area contributed by atoms with E-state index in [1.54, 1.807) is 18.2 Å². The lowest BCUT2D eigenvalue weighted by Crippen LogP contribution is -2.13. The van der Waals surface area contributed by atoms with E-state index < -0.39 is 0 Å². The minimum Gasteiger partial charge on any atom is -0.350 e. The second-order valence-corrected chi connectivity index (χ2v) is 6.07. The van der Waals surface area contributed by atoms with E-state index >= 15 is 0 Å². The van der Waals surface area contributed by atoms with Crippen LogP contribution in [0, 0.1) is 18.3 Å². The molecule has 0 saturated carbocycles. The number of nitrogens with zero attached hydrogens (tertiary/aromatic N) is 3. The largest absolute Gasteiger partial charge is 0.350 e. The van der Waals surface area contributed by atoms with Gasteiger partial charge < -0.3 is 5.32 Å². The maximum absolute atomic E-state index is 11.3. The molecule has 0 bridgehead atoms. The summed E-state index contributed by atoms with van der Waals surface area (Å²) < 4.78 is 0. The lowest BCUT2D eigenvalue weighted by Gasteiger charge is -2.12. The molecule has 24 heavy (non-hydrogen) atoms. The molecular formula is C17H20N4O2S. The van der Waals surface area contributed by atoms with Gasteiger partial charge in [-0.3, -0.25) is 19.5 Å². The van der Waals surface area contributed by atoms with E-state index in [-0.39, 0.29) is 11.2 Å². The number of carbonyl (C=O) groups excluding carboxylic acids is 2. The number of aliphatic imine (C=N–C) groups is 2. The molecule has 7 heteroatoms. The number of hydrogen-bond acceptors (Lipinski definition) is 5. The Kier molecular flexibility index (Phi) is 8.47. The van der Waals surface area contributed by atoms with Crippen molar-refractivity contribution >= 4 is 35.3 Å². The van der Waals surface area contributed by atoms with E-state index in [2.05, 4.69) is 21.2 Å². The van der Waals surface area contributed by atoms with Gasteiger partial charge in [0.25, 0.3) is 5.24 Å². The van der Waals surface area contributed by atoms with Crippen molar-refractivity contribution in [2.45, 2.75) is 0 Å². The number of amides is 1. The van der Waals surface area contributed by atoms with Gasteiger partial charge in [0.2, 0.25) is 0 Å². The zero-order valence-electron chi connectivity index (χ0n) is 13.9. The van der Waals surface area contributed by atoms with Crippen LogP contribution in [0.5, 0.6) is 0 Å². The molecule has 1 aliphatic rings. The summed E-state index contributed by atoms with van der Waals surface area (Å²) >= 11 is 0.828. The highest BCUT2D eigenvalue weighted by Gasteiger charge is 2.13. The zero-order chi connectivity index (χ0) is 17.9. The lowest BCUT2D eigenvalue weighted by molar-refractivity contribution is -0.104. The number of nitrogens with one attached hydrogen (secondary N) is 1. The predicted molar refractivity (Wildman–Crippen MR) is 100 cm³/mol. The monoisotopic (exact) mass is 344 g/mol. The second-order valence-electron chi connectivity index (χ2n) is 5.02. The van der Waals surface area contributed by atoms with Gasteiger partial charge in [0.05, 0.1) is 23.2 Å². The van der Waals surface area contributed by atoms with Crippen LogP contribution in [0.25, 0.3) is 0 Å². The molecule has 1 atom stereocenters. The molecule has 1 amide bonds. The standard InChI is InChI=1S/C17H20N4O2S/c1-5-14-8-13(9-15(10-22)24-17(23)18-2)6-7-16(14)20-11-19-12-21(3)4/h1,6-11,14H,12H2,2-4H3,(H,18,23)/b15-9-,19-11-,20-16?. The average Bonchev–Trinajstić information content (AvgIpc) is 2.58. The Bertz CT molecular complexity index is 667. The summed E-state index contributed by atoms with van der Waals surface area (Å²) in [5.41, 5.74) is 1.45. The number of terminal acetylenes is 1. The van der Waals surface area contributed by atoms with Gasteiger partial charge in [-0.25, -0.2) is 4.99 Å². The molecule has 0 heterocycles. The summed E-state index contributed by atoms with van der Waals surface area (Å²) in [6.07, 6.45) is 14.7. The quantitative estimate of drug-likeness (QED) is 0.262. The molecule has 0 aromatic heterocycles. The number of rotatable bonds is 6. The van der Waals surface area contributed by atoms with Crippen molar-refractivity contribution in [2.24, 2.45) is 15.9 Å². The van der Waals surface area contributed by atoms with Crippen LogP contribution in [0.2, 0.25) is 0 Å². The molecule has 1 N–H and O–H groups in total. The molecule has 0 spiro atoms. The van der Waals surface area contributed by atoms with Crippen molar-refractivity contribution in [3.63, 3.8) is 0 Å². The fourth-order valence-electron chi connectivity index (χ4n) is 1.69. The van der Waals surface area contributed by atoms with Crippen LogP contribution in [-0.2, 0) is 4.79 Å². The fourth-order valence-corrected chi connectivity index (χ4v) is 2.25. The Morgan fingerprint density at radius 2 is 2.25 bits per heavy atom. The summed E-state index contributed by atoms with van der Waals surface area (Å²) in [7, 11) is 5.34. The van der Waals surface area contributed by atoms with E-state index in [0.29, 0.717) is 23.6 Å². The van der Waals surface area contributed by atoms with Crippen molar-refractivity contribution in [2.75, 3.05) is 27.8 Å². The number of aldehydes is 1. The van der Waals surface area contributed by atoms with E-state index in [0.717, 1.165) is 17.3 Å². The van der Waals surface area contributed by atoms with Crippen LogP contribution in [-0.4, -0.2) is 56.3 Å². The number of carbonyl (C=O) groups is 2. The summed E-state index contributed by atoms with van der Waals surface area (Å²) in [5, 5.41) is 2.14. The number of hydrogen-bond donors (Lipinski definition) is 1. The average molecular weight is 344 g/mol. The summed E-state index contributed by atoms with van der Waals surface area (Å²) in [6, 6.07) is 0. The first kappa shape index (κ1) is 19.6. The van der Waals surface area contributed by atoms with E-state index in [4.69, 9.17) is 6.42 Å². The Hall–Kier alpha value is -2.43. The maximum atomic E-state index is 11.3. The van der Waals surface area contributed by atoms with Crippen LogP contribution in [0.1, 0.15) is 0 Å². The molecule has 0 radical (unpaired) electrons. The fraction of sp³-hybridized carbons (Fsp3) is 0.294. The third kappa shape index (κ3) is 6.77. The molecule has 0 saturated heterocycles. The smallest absolute Gasteiger partial charge is 0.283 e. The van der Waals surface area contributed by atoms with Gasteiger partial charge >= 0.3 is 0 Å². The molecule has 1 rings (SSSR count). The van der Waals surface area contributed by atoms with Gasteiger partial charge in [-0.1, -0.05) is 18.1 Å². The first-order chi connectivity index (χ1) is 11.5. The third-order valence-electron chi connectivity index (χ3n) is 2.80. The van der Waals surface area contributed by atoms with Gasteiger partial charge in [-0.2, -0.15) is 0 Å². The molecule has 6 nitrogen and oxygen atoms in total. The molecule has 0 aromatic carbocycles. The highest BCUT2D eigenvalue weighted by atomic mass is 32.2. The Morgan fingerprint density at radius 1 is 1.50 bits per heavy atom. The molecule has 0 aliphatic heterocycles. The van der Waals surface area contributed by atoms with E-state index in [9.17, 15) is 9.59 Å². The van der Waals surface area contributed by atoms with Crippen LogP contribution in [0.3, 0.4) is 0 Å². The Labute approximate surface area is 146 Å².